The Balaban J connectivity index is 2.01. The van der Waals surface area contributed by atoms with Crippen molar-refractivity contribution in [1.29, 1.82) is 0 Å². The van der Waals surface area contributed by atoms with Crippen LogP contribution in [-0.2, 0) is 0 Å². The van der Waals surface area contributed by atoms with Gasteiger partial charge in [-0.15, -0.1) is 5.10 Å². The van der Waals surface area contributed by atoms with E-state index in [0.717, 1.165) is 29.9 Å². The van der Waals surface area contributed by atoms with E-state index in [4.69, 9.17) is 5.11 Å². The van der Waals surface area contributed by atoms with E-state index < -0.39 is 5.97 Å². The van der Waals surface area contributed by atoms with Crippen LogP contribution < -0.4 is 0 Å². The zero-order valence-corrected chi connectivity index (χ0v) is 11.3. The van der Waals surface area contributed by atoms with Crippen molar-refractivity contribution in [3.05, 3.63) is 35.2 Å². The summed E-state index contributed by atoms with van der Waals surface area (Å²) in [5.74, 6) is 0.365. The first kappa shape index (κ1) is 12.8. The molecule has 0 bridgehead atoms. The highest BCUT2D eigenvalue weighted by atomic mass is 16.4. The molecule has 1 aromatic carbocycles. The number of rotatable bonds is 3. The maximum absolute atomic E-state index is 11.0. The lowest BCUT2D eigenvalue weighted by Crippen LogP contribution is -2.09. The fourth-order valence-electron chi connectivity index (χ4n) is 2.83. The van der Waals surface area contributed by atoms with Gasteiger partial charge in [0, 0.05) is 5.92 Å². The quantitative estimate of drug-likeness (QED) is 0.927. The number of carbonyl (C=O) groups is 1. The van der Waals surface area contributed by atoms with Gasteiger partial charge in [-0.05, 0) is 54.0 Å². The second-order valence-corrected chi connectivity index (χ2v) is 5.24. The molecule has 0 amide bonds. The minimum absolute atomic E-state index is 0.279. The number of hydrogen-bond acceptors (Lipinski definition) is 4. The number of carboxylic acids is 1. The molecule has 1 fully saturated rings. The third-order valence-electron chi connectivity index (χ3n) is 3.89. The van der Waals surface area contributed by atoms with Crippen molar-refractivity contribution in [2.24, 2.45) is 0 Å². The van der Waals surface area contributed by atoms with Crippen molar-refractivity contribution < 1.29 is 9.90 Å². The van der Waals surface area contributed by atoms with Crippen molar-refractivity contribution in [2.75, 3.05) is 0 Å². The van der Waals surface area contributed by atoms with Crippen LogP contribution in [0.4, 0.5) is 0 Å². The Bertz CT molecular complexity index is 644. The Morgan fingerprint density at radius 3 is 2.75 bits per heavy atom. The van der Waals surface area contributed by atoms with E-state index in [-0.39, 0.29) is 5.56 Å². The predicted molar refractivity (Wildman–Crippen MR) is 72.1 cm³/mol. The predicted octanol–water partition coefficient (Wildman–Crippen LogP) is 2.33. The summed E-state index contributed by atoms with van der Waals surface area (Å²) in [6.45, 7) is 1.88. The molecule has 1 N–H and O–H groups in total. The van der Waals surface area contributed by atoms with Gasteiger partial charge < -0.3 is 5.11 Å². The third kappa shape index (κ3) is 2.17. The highest BCUT2D eigenvalue weighted by Gasteiger charge is 2.24. The van der Waals surface area contributed by atoms with E-state index in [2.05, 4.69) is 15.5 Å². The van der Waals surface area contributed by atoms with E-state index in [1.807, 2.05) is 6.92 Å². The first-order valence-electron chi connectivity index (χ1n) is 6.79. The monoisotopic (exact) mass is 272 g/mol. The van der Waals surface area contributed by atoms with Crippen LogP contribution in [0.3, 0.4) is 0 Å². The fourth-order valence-corrected chi connectivity index (χ4v) is 2.83. The van der Waals surface area contributed by atoms with Crippen molar-refractivity contribution in [3.8, 4) is 5.69 Å². The average molecular weight is 272 g/mol. The molecule has 0 unspecified atom stereocenters. The van der Waals surface area contributed by atoms with E-state index in [1.54, 1.807) is 22.9 Å². The molecular weight excluding hydrogens is 256 g/mol. The maximum Gasteiger partial charge on any atom is 0.335 e. The molecule has 20 heavy (non-hydrogen) atoms. The third-order valence-corrected chi connectivity index (χ3v) is 3.89. The van der Waals surface area contributed by atoms with Gasteiger partial charge in [0.1, 0.15) is 0 Å². The Morgan fingerprint density at radius 2 is 2.10 bits per heavy atom. The Hall–Kier alpha value is -2.24. The molecule has 0 saturated heterocycles. The second kappa shape index (κ2) is 5.03. The van der Waals surface area contributed by atoms with Crippen LogP contribution in [-0.4, -0.2) is 31.3 Å². The lowest BCUT2D eigenvalue weighted by Gasteiger charge is -2.12. The Morgan fingerprint density at radius 1 is 1.35 bits per heavy atom. The summed E-state index contributed by atoms with van der Waals surface area (Å²) >= 11 is 0. The van der Waals surface area contributed by atoms with Crippen molar-refractivity contribution in [3.63, 3.8) is 0 Å². The highest BCUT2D eigenvalue weighted by Crippen LogP contribution is 2.33. The van der Waals surface area contributed by atoms with Crippen molar-refractivity contribution >= 4 is 5.97 Å². The summed E-state index contributed by atoms with van der Waals surface area (Å²) in [6.07, 6.45) is 4.67. The molecule has 1 saturated carbocycles. The van der Waals surface area contributed by atoms with Gasteiger partial charge in [0.2, 0.25) is 0 Å². The summed E-state index contributed by atoms with van der Waals surface area (Å²) in [6, 6.07) is 5.01. The minimum Gasteiger partial charge on any atom is -0.478 e. The van der Waals surface area contributed by atoms with Crippen LogP contribution in [0.5, 0.6) is 0 Å². The molecule has 1 aromatic heterocycles. The zero-order chi connectivity index (χ0) is 14.1. The summed E-state index contributed by atoms with van der Waals surface area (Å²) in [7, 11) is 0. The molecule has 1 heterocycles. The molecule has 2 aromatic rings. The number of benzene rings is 1. The van der Waals surface area contributed by atoms with Crippen LogP contribution in [0.15, 0.2) is 18.2 Å². The molecule has 0 radical (unpaired) electrons. The van der Waals surface area contributed by atoms with E-state index in [0.29, 0.717) is 5.92 Å². The lowest BCUT2D eigenvalue weighted by molar-refractivity contribution is 0.0697. The van der Waals surface area contributed by atoms with E-state index >= 15 is 0 Å². The number of carboxylic acid groups (broad SMARTS) is 1. The van der Waals surface area contributed by atoms with Crippen LogP contribution in [0, 0.1) is 6.92 Å². The van der Waals surface area contributed by atoms with Crippen LogP contribution in [0.25, 0.3) is 5.69 Å². The summed E-state index contributed by atoms with van der Waals surface area (Å²) < 4.78 is 1.75. The van der Waals surface area contributed by atoms with Crippen LogP contribution in [0.2, 0.25) is 0 Å². The molecule has 0 aliphatic heterocycles. The summed E-state index contributed by atoms with van der Waals surface area (Å²) in [4.78, 5) is 11.0. The van der Waals surface area contributed by atoms with Crippen molar-refractivity contribution in [1.82, 2.24) is 20.2 Å². The smallest absolute Gasteiger partial charge is 0.335 e. The Labute approximate surface area is 116 Å². The van der Waals surface area contributed by atoms with Crippen LogP contribution in [0.1, 0.15) is 53.3 Å². The number of tetrazole rings is 1. The lowest BCUT2D eigenvalue weighted by atomic mass is 10.1. The highest BCUT2D eigenvalue weighted by molar-refractivity contribution is 5.88. The fraction of sp³-hybridized carbons (Fsp3) is 0.429. The average Bonchev–Trinajstić information content (AvgIpc) is 3.09. The molecule has 0 spiro atoms. The topological polar surface area (TPSA) is 80.9 Å². The van der Waals surface area contributed by atoms with E-state index in [9.17, 15) is 4.79 Å². The molecule has 104 valence electrons. The molecule has 3 rings (SSSR count). The first-order valence-corrected chi connectivity index (χ1v) is 6.79. The van der Waals surface area contributed by atoms with E-state index in [1.165, 1.54) is 12.8 Å². The normalized spacial score (nSPS) is 15.7. The zero-order valence-electron chi connectivity index (χ0n) is 11.3. The number of aryl methyl sites for hydroxylation is 1. The number of aromatic nitrogens is 4. The standard InChI is InChI=1S/C14H16N4O2/c1-9-8-11(14(19)20)6-7-12(9)18-13(15-16-17-18)10-4-2-3-5-10/h6-8,10H,2-5H2,1H3,(H,19,20). The van der Waals surface area contributed by atoms with Crippen LogP contribution >= 0.6 is 0 Å². The van der Waals surface area contributed by atoms with Crippen molar-refractivity contribution in [2.45, 2.75) is 38.5 Å². The van der Waals surface area contributed by atoms with Gasteiger partial charge in [-0.25, -0.2) is 4.79 Å². The molecule has 6 nitrogen and oxygen atoms in total. The first-order chi connectivity index (χ1) is 9.66. The van der Waals surface area contributed by atoms with Gasteiger partial charge in [-0.3, -0.25) is 0 Å². The summed E-state index contributed by atoms with van der Waals surface area (Å²) in [5, 5.41) is 21.0. The van der Waals surface area contributed by atoms with Gasteiger partial charge in [0.15, 0.2) is 5.82 Å². The van der Waals surface area contributed by atoms with Gasteiger partial charge >= 0.3 is 5.97 Å². The number of aromatic carboxylic acids is 1. The Kier molecular flexibility index (Phi) is 3.22. The van der Waals surface area contributed by atoms with Gasteiger partial charge in [-0.2, -0.15) is 4.68 Å². The SMILES string of the molecule is Cc1cc(C(=O)O)ccc1-n1nnnc1C1CCCC1. The second-order valence-electron chi connectivity index (χ2n) is 5.24. The molecular formula is C14H16N4O2. The minimum atomic E-state index is -0.924. The maximum atomic E-state index is 11.0. The number of nitrogens with zero attached hydrogens (tertiary/aromatic N) is 4. The molecule has 1 aliphatic carbocycles. The number of hydrogen-bond donors (Lipinski definition) is 1. The molecule has 0 atom stereocenters. The molecule has 6 heteroatoms. The van der Waals surface area contributed by atoms with Gasteiger partial charge in [0.25, 0.3) is 0 Å². The summed E-state index contributed by atoms with van der Waals surface area (Å²) in [5.41, 5.74) is 1.99. The van der Waals surface area contributed by atoms with Gasteiger partial charge in [0.05, 0.1) is 11.3 Å². The van der Waals surface area contributed by atoms with Gasteiger partial charge in [-0.1, -0.05) is 12.8 Å². The largest absolute Gasteiger partial charge is 0.478 e. The molecule has 1 aliphatic rings.